The number of aliphatic hydroxyl groups excluding tert-OH is 1. The van der Waals surface area contributed by atoms with Crippen molar-refractivity contribution in [2.24, 2.45) is 0 Å². The quantitative estimate of drug-likeness (QED) is 0.800. The first-order chi connectivity index (χ1) is 12.1. The summed E-state index contributed by atoms with van der Waals surface area (Å²) in [5.74, 6) is 0. The standard InChI is InChI=1S/C21H25N3O/c1-15-3-4-19-18(13-15)17-7-11-23(2)12-8-20(17)24(19)14-21(25)16-5-9-22-10-6-16/h3-6,9-10,13,21,25H,7-8,11-12,14H2,1-2H3. The van der Waals surface area contributed by atoms with Gasteiger partial charge in [0.2, 0.25) is 0 Å². The van der Waals surface area contributed by atoms with Crippen molar-refractivity contribution < 1.29 is 5.11 Å². The van der Waals surface area contributed by atoms with E-state index in [9.17, 15) is 5.11 Å². The highest BCUT2D eigenvalue weighted by atomic mass is 16.3. The fourth-order valence-electron chi connectivity index (χ4n) is 3.94. The topological polar surface area (TPSA) is 41.3 Å². The Morgan fingerprint density at radius 1 is 1.12 bits per heavy atom. The zero-order valence-electron chi connectivity index (χ0n) is 14.9. The molecular formula is C21H25N3O. The number of aliphatic hydroxyl groups is 1. The molecule has 4 nitrogen and oxygen atoms in total. The lowest BCUT2D eigenvalue weighted by Gasteiger charge is -2.17. The molecule has 1 unspecified atom stereocenters. The SMILES string of the molecule is Cc1ccc2c(c1)c1c(n2CC(O)c2ccncc2)CCN(C)CC1. The Morgan fingerprint density at radius 2 is 1.88 bits per heavy atom. The van der Waals surface area contributed by atoms with Crippen LogP contribution in [0.5, 0.6) is 0 Å². The molecule has 0 spiro atoms. The van der Waals surface area contributed by atoms with E-state index in [2.05, 4.69) is 46.6 Å². The van der Waals surface area contributed by atoms with E-state index in [-0.39, 0.29) is 0 Å². The summed E-state index contributed by atoms with van der Waals surface area (Å²) in [4.78, 5) is 6.45. The van der Waals surface area contributed by atoms with Gasteiger partial charge in [0.25, 0.3) is 0 Å². The third-order valence-electron chi connectivity index (χ3n) is 5.36. The van der Waals surface area contributed by atoms with Crippen molar-refractivity contribution in [2.45, 2.75) is 32.4 Å². The van der Waals surface area contributed by atoms with E-state index in [1.807, 2.05) is 12.1 Å². The maximum atomic E-state index is 10.8. The molecule has 0 bridgehead atoms. The number of aromatic nitrogens is 2. The van der Waals surface area contributed by atoms with Crippen molar-refractivity contribution in [1.29, 1.82) is 0 Å². The molecule has 4 rings (SSSR count). The number of benzene rings is 1. The average molecular weight is 335 g/mol. The molecule has 0 fully saturated rings. The summed E-state index contributed by atoms with van der Waals surface area (Å²) in [5.41, 5.74) is 6.31. The number of hydrogen-bond donors (Lipinski definition) is 1. The minimum Gasteiger partial charge on any atom is -0.387 e. The predicted molar refractivity (Wildman–Crippen MR) is 101 cm³/mol. The van der Waals surface area contributed by atoms with Gasteiger partial charge in [-0.05, 0) is 55.8 Å². The number of nitrogens with zero attached hydrogens (tertiary/aromatic N) is 3. The molecule has 0 saturated heterocycles. The van der Waals surface area contributed by atoms with Crippen LogP contribution in [-0.4, -0.2) is 39.7 Å². The van der Waals surface area contributed by atoms with Crippen LogP contribution < -0.4 is 0 Å². The molecule has 0 radical (unpaired) electrons. The van der Waals surface area contributed by atoms with Gasteiger partial charge in [-0.15, -0.1) is 0 Å². The molecule has 25 heavy (non-hydrogen) atoms. The largest absolute Gasteiger partial charge is 0.387 e. The van der Waals surface area contributed by atoms with E-state index in [1.54, 1.807) is 12.4 Å². The van der Waals surface area contributed by atoms with Gasteiger partial charge in [0.05, 0.1) is 12.6 Å². The summed E-state index contributed by atoms with van der Waals surface area (Å²) in [6, 6.07) is 10.5. The number of fused-ring (bicyclic) bond motifs is 3. The first-order valence-corrected chi connectivity index (χ1v) is 9.00. The summed E-state index contributed by atoms with van der Waals surface area (Å²) in [5, 5.41) is 12.1. The van der Waals surface area contributed by atoms with E-state index < -0.39 is 6.10 Å². The van der Waals surface area contributed by atoms with Crippen LogP contribution in [0.15, 0.2) is 42.7 Å². The molecule has 1 N–H and O–H groups in total. The van der Waals surface area contributed by atoms with E-state index in [4.69, 9.17) is 0 Å². The molecule has 1 aliphatic heterocycles. The van der Waals surface area contributed by atoms with Crippen LogP contribution in [0.25, 0.3) is 10.9 Å². The number of pyridine rings is 1. The third kappa shape index (κ3) is 3.08. The van der Waals surface area contributed by atoms with Gasteiger partial charge in [0.15, 0.2) is 0 Å². The Kier molecular flexibility index (Phi) is 4.32. The average Bonchev–Trinajstić information content (AvgIpc) is 2.76. The lowest BCUT2D eigenvalue weighted by atomic mass is 10.1. The molecular weight excluding hydrogens is 310 g/mol. The van der Waals surface area contributed by atoms with E-state index >= 15 is 0 Å². The molecule has 1 aromatic carbocycles. The Balaban J connectivity index is 1.80. The molecule has 3 aromatic rings. The normalized spacial score (nSPS) is 16.6. The Hall–Kier alpha value is -2.17. The van der Waals surface area contributed by atoms with Crippen LogP contribution >= 0.6 is 0 Å². The summed E-state index contributed by atoms with van der Waals surface area (Å²) in [6.07, 6.45) is 5.06. The van der Waals surface area contributed by atoms with Gasteiger partial charge in [0.1, 0.15) is 0 Å². The zero-order valence-corrected chi connectivity index (χ0v) is 14.9. The maximum absolute atomic E-state index is 10.8. The minimum atomic E-state index is -0.523. The second-order valence-corrected chi connectivity index (χ2v) is 7.16. The van der Waals surface area contributed by atoms with Crippen molar-refractivity contribution in [3.63, 3.8) is 0 Å². The second kappa shape index (κ2) is 6.62. The van der Waals surface area contributed by atoms with Crippen molar-refractivity contribution in [3.8, 4) is 0 Å². The highest BCUT2D eigenvalue weighted by Crippen LogP contribution is 2.31. The molecule has 1 atom stereocenters. The minimum absolute atomic E-state index is 0.523. The molecule has 1 aliphatic rings. The Labute approximate surface area is 148 Å². The Morgan fingerprint density at radius 3 is 2.68 bits per heavy atom. The predicted octanol–water partition coefficient (Wildman–Crippen LogP) is 3.11. The summed E-state index contributed by atoms with van der Waals surface area (Å²) >= 11 is 0. The lowest BCUT2D eigenvalue weighted by Crippen LogP contribution is -2.21. The molecule has 3 heterocycles. The van der Waals surface area contributed by atoms with Gasteiger partial charge in [-0.3, -0.25) is 4.98 Å². The van der Waals surface area contributed by atoms with E-state index in [0.29, 0.717) is 6.54 Å². The number of aryl methyl sites for hydroxylation is 1. The first kappa shape index (κ1) is 16.3. The monoisotopic (exact) mass is 335 g/mol. The van der Waals surface area contributed by atoms with Crippen molar-refractivity contribution in [3.05, 3.63) is 65.1 Å². The van der Waals surface area contributed by atoms with Gasteiger partial charge in [-0.25, -0.2) is 0 Å². The summed E-state index contributed by atoms with van der Waals surface area (Å²) in [7, 11) is 2.19. The second-order valence-electron chi connectivity index (χ2n) is 7.16. The molecule has 130 valence electrons. The molecule has 0 aliphatic carbocycles. The molecule has 2 aromatic heterocycles. The molecule has 0 amide bonds. The van der Waals surface area contributed by atoms with Crippen LogP contribution in [0.4, 0.5) is 0 Å². The maximum Gasteiger partial charge on any atom is 0.0970 e. The molecule has 4 heteroatoms. The summed E-state index contributed by atoms with van der Waals surface area (Å²) < 4.78 is 2.34. The van der Waals surface area contributed by atoms with Crippen molar-refractivity contribution in [2.75, 3.05) is 20.1 Å². The van der Waals surface area contributed by atoms with Gasteiger partial charge >= 0.3 is 0 Å². The van der Waals surface area contributed by atoms with Crippen molar-refractivity contribution >= 4 is 10.9 Å². The van der Waals surface area contributed by atoms with Gasteiger partial charge < -0.3 is 14.6 Å². The van der Waals surface area contributed by atoms with Crippen LogP contribution in [-0.2, 0) is 19.4 Å². The fraction of sp³-hybridized carbons (Fsp3) is 0.381. The Bertz CT molecular complexity index is 885. The lowest BCUT2D eigenvalue weighted by molar-refractivity contribution is 0.157. The smallest absolute Gasteiger partial charge is 0.0970 e. The van der Waals surface area contributed by atoms with Crippen molar-refractivity contribution in [1.82, 2.24) is 14.5 Å². The summed E-state index contributed by atoms with van der Waals surface area (Å²) in [6.45, 7) is 4.89. The first-order valence-electron chi connectivity index (χ1n) is 9.00. The number of likely N-dealkylation sites (N-methyl/N-ethyl adjacent to an activating group) is 1. The number of hydrogen-bond acceptors (Lipinski definition) is 3. The van der Waals surface area contributed by atoms with Gasteiger partial charge in [-0.1, -0.05) is 11.6 Å². The zero-order chi connectivity index (χ0) is 17.4. The van der Waals surface area contributed by atoms with Crippen LogP contribution in [0, 0.1) is 6.92 Å². The van der Waals surface area contributed by atoms with Gasteiger partial charge in [-0.2, -0.15) is 0 Å². The number of rotatable bonds is 3. The fourth-order valence-corrected chi connectivity index (χ4v) is 3.94. The van der Waals surface area contributed by atoms with E-state index in [0.717, 1.165) is 31.5 Å². The van der Waals surface area contributed by atoms with Gasteiger partial charge in [0, 0.05) is 48.5 Å². The highest BCUT2D eigenvalue weighted by molar-refractivity contribution is 5.86. The van der Waals surface area contributed by atoms with E-state index in [1.165, 1.54) is 27.7 Å². The third-order valence-corrected chi connectivity index (χ3v) is 5.36. The van der Waals surface area contributed by atoms with Crippen LogP contribution in [0.3, 0.4) is 0 Å². The highest BCUT2D eigenvalue weighted by Gasteiger charge is 2.22. The van der Waals surface area contributed by atoms with Crippen LogP contribution in [0.2, 0.25) is 0 Å². The molecule has 0 saturated carbocycles. The van der Waals surface area contributed by atoms with Crippen LogP contribution in [0.1, 0.15) is 28.5 Å².